The maximum Gasteiger partial charge on any atom is 0.407 e. The lowest BCUT2D eigenvalue weighted by Gasteiger charge is -2.38. The number of amides is 2. The molecule has 59 heavy (non-hydrogen) atoms. The van der Waals surface area contributed by atoms with Crippen LogP contribution in [0, 0.1) is 30.6 Å². The third-order valence-electron chi connectivity index (χ3n) is 11.6. The van der Waals surface area contributed by atoms with Gasteiger partial charge in [-0.3, -0.25) is 19.2 Å². The molecule has 4 heterocycles. The molecule has 16 nitrogen and oxygen atoms in total. The van der Waals surface area contributed by atoms with Crippen LogP contribution in [-0.2, 0) is 23.7 Å². The largest absolute Gasteiger partial charge is 0.507 e. The number of methoxy groups -OCH3 is 1. The standard InChI is InChI=1S/C43H55N3O13/c1-10-15-44-42(54)58-38-23(4)27(55-9)14-18-57-43(8)40(52)30-28-29(35(49)26(7)39(30)59-43)36(50)31(32(37(28)51)46-16-19-56-20-17-46)45-41(53)22(3)13-11-12-21(2)33(47)24(5)34(48)25(38)6/h10-14,18,21,23-25,27,33-34,38,47-49H,1,15-17,19-20H2,2-9H3,(H,44,54)(H,45,53)/b12-11+,18-14+,22-13-/t21-,23-,24-,25-,27+,33-,34-,38+,43+/m1/s1. The smallest absolute Gasteiger partial charge is 0.407 e. The Labute approximate surface area is 343 Å². The Hall–Kier alpha value is -5.29. The van der Waals surface area contributed by atoms with Gasteiger partial charge >= 0.3 is 11.9 Å². The van der Waals surface area contributed by atoms with E-state index in [9.17, 15) is 39.3 Å². The molecule has 0 radical (unpaired) electrons. The van der Waals surface area contributed by atoms with Crippen LogP contribution in [0.5, 0.6) is 11.5 Å². The van der Waals surface area contributed by atoms with Gasteiger partial charge in [0.25, 0.3) is 11.7 Å². The fourth-order valence-corrected chi connectivity index (χ4v) is 7.89. The zero-order chi connectivity index (χ0) is 43.5. The number of aromatic hydroxyl groups is 1. The van der Waals surface area contributed by atoms with E-state index in [1.807, 2.05) is 0 Å². The molecule has 16 heteroatoms. The zero-order valence-electron chi connectivity index (χ0n) is 34.7. The number of phenols is 1. The van der Waals surface area contributed by atoms with Crippen LogP contribution in [0.3, 0.4) is 0 Å². The van der Waals surface area contributed by atoms with Gasteiger partial charge in [-0.15, -0.1) is 6.58 Å². The maximum atomic E-state index is 14.7. The maximum absolute atomic E-state index is 14.7. The molecule has 5 bridgehead atoms. The first kappa shape index (κ1) is 44.8. The summed E-state index contributed by atoms with van der Waals surface area (Å²) < 4.78 is 29.2. The van der Waals surface area contributed by atoms with E-state index in [-0.39, 0.29) is 72.3 Å². The molecule has 1 saturated heterocycles. The van der Waals surface area contributed by atoms with Crippen molar-refractivity contribution in [3.05, 3.63) is 82.4 Å². The molecule has 0 saturated carbocycles. The molecule has 1 aromatic carbocycles. The molecule has 5 aliphatic rings. The van der Waals surface area contributed by atoms with Gasteiger partial charge in [-0.1, -0.05) is 52.0 Å². The lowest BCUT2D eigenvalue weighted by Crippen LogP contribution is -2.47. The number of ketones is 3. The lowest BCUT2D eigenvalue weighted by atomic mass is 9.78. The van der Waals surface area contributed by atoms with Crippen LogP contribution in [0.15, 0.2) is 60.2 Å². The van der Waals surface area contributed by atoms with Crippen molar-refractivity contribution in [2.45, 2.75) is 78.7 Å². The third kappa shape index (κ3) is 8.72. The summed E-state index contributed by atoms with van der Waals surface area (Å²) >= 11 is 0. The van der Waals surface area contributed by atoms with Gasteiger partial charge in [0.05, 0.1) is 54.5 Å². The van der Waals surface area contributed by atoms with Crippen molar-refractivity contribution in [1.82, 2.24) is 15.5 Å². The van der Waals surface area contributed by atoms with E-state index in [4.69, 9.17) is 23.7 Å². The number of rotatable bonds is 5. The summed E-state index contributed by atoms with van der Waals surface area (Å²) in [6, 6.07) is 0. The van der Waals surface area contributed by atoms with Crippen molar-refractivity contribution < 1.29 is 63.0 Å². The number of Topliss-reactive ketones (excluding diaryl/α,β-unsaturated/α-hetero) is 3. The molecule has 1 aromatic rings. The summed E-state index contributed by atoms with van der Waals surface area (Å²) in [6.45, 7) is 15.6. The summed E-state index contributed by atoms with van der Waals surface area (Å²) in [5, 5.41) is 39.7. The van der Waals surface area contributed by atoms with Crippen LogP contribution in [-0.4, -0.2) is 120 Å². The average Bonchev–Trinajstić information content (AvgIpc) is 3.48. The van der Waals surface area contributed by atoms with Gasteiger partial charge in [-0.25, -0.2) is 4.79 Å². The van der Waals surface area contributed by atoms with Crippen molar-refractivity contribution in [1.29, 1.82) is 0 Å². The number of allylic oxidation sites excluding steroid dienone is 4. The minimum atomic E-state index is -2.09. The SMILES string of the molecule is C=CCNC(=O)O[C@@H]1[C@H](C)[C@H](O)[C@H](C)[C@H](O)[C@H](C)/C=C/C=C(/C)C(=O)NC2=C(N3CCOCC3)C(=O)c3c(c(O)c(C)c4c3C(=O)[C@@](C)(O/C=C/[C@H](OC)[C@H]1C)O4)C2=O. The Morgan fingerprint density at radius 1 is 1.00 bits per heavy atom. The fraction of sp³-hybridized carbons (Fsp3) is 0.512. The normalized spacial score (nSPS) is 32.6. The van der Waals surface area contributed by atoms with Crippen LogP contribution < -0.4 is 15.4 Å². The Bertz CT molecular complexity index is 2000. The molecule has 6 rings (SSSR count). The number of carbonyl (C=O) groups is 5. The molecule has 5 N–H and O–H groups in total. The van der Waals surface area contributed by atoms with Crippen molar-refractivity contribution >= 4 is 29.4 Å². The van der Waals surface area contributed by atoms with Gasteiger partial charge in [0.1, 0.15) is 29.0 Å². The Balaban J connectivity index is 1.65. The van der Waals surface area contributed by atoms with Crippen molar-refractivity contribution in [2.24, 2.45) is 23.7 Å². The number of nitrogens with zero attached hydrogens (tertiary/aromatic N) is 1. The monoisotopic (exact) mass is 821 g/mol. The predicted molar refractivity (Wildman–Crippen MR) is 213 cm³/mol. The second kappa shape index (κ2) is 18.3. The van der Waals surface area contributed by atoms with Gasteiger partial charge in [0, 0.05) is 68.5 Å². The molecule has 0 unspecified atom stereocenters. The zero-order valence-corrected chi connectivity index (χ0v) is 34.7. The van der Waals surface area contributed by atoms with E-state index in [0.29, 0.717) is 0 Å². The molecule has 0 aromatic heterocycles. The van der Waals surface area contributed by atoms with Gasteiger partial charge in [-0.2, -0.15) is 0 Å². The van der Waals surface area contributed by atoms with E-state index < -0.39 is 94.5 Å². The van der Waals surface area contributed by atoms with Crippen LogP contribution >= 0.6 is 0 Å². The van der Waals surface area contributed by atoms with Gasteiger partial charge in [0.2, 0.25) is 11.6 Å². The minimum absolute atomic E-state index is 0.00650. The highest BCUT2D eigenvalue weighted by atomic mass is 16.7. The Morgan fingerprint density at radius 3 is 2.32 bits per heavy atom. The number of carbonyl (C=O) groups excluding carboxylic acids is 5. The van der Waals surface area contributed by atoms with Gasteiger partial charge < -0.3 is 54.5 Å². The second-order valence-corrected chi connectivity index (χ2v) is 15.6. The Morgan fingerprint density at radius 2 is 1.68 bits per heavy atom. The van der Waals surface area contributed by atoms with E-state index >= 15 is 0 Å². The van der Waals surface area contributed by atoms with Crippen LogP contribution in [0.2, 0.25) is 0 Å². The van der Waals surface area contributed by atoms with E-state index in [0.717, 1.165) is 0 Å². The van der Waals surface area contributed by atoms with E-state index in [1.165, 1.54) is 52.4 Å². The highest BCUT2D eigenvalue weighted by molar-refractivity contribution is 6.32. The third-order valence-corrected chi connectivity index (χ3v) is 11.6. The first-order valence-electron chi connectivity index (χ1n) is 19.6. The number of alkyl carbamates (subject to hydrolysis) is 1. The van der Waals surface area contributed by atoms with Crippen molar-refractivity contribution in [3.8, 4) is 11.5 Å². The van der Waals surface area contributed by atoms with Crippen LogP contribution in [0.4, 0.5) is 4.79 Å². The number of fused-ring (bicyclic) bond motifs is 14. The molecule has 4 aliphatic heterocycles. The number of aliphatic hydroxyl groups excluding tert-OH is 2. The van der Waals surface area contributed by atoms with Crippen molar-refractivity contribution in [3.63, 3.8) is 0 Å². The first-order chi connectivity index (χ1) is 27.9. The molecule has 320 valence electrons. The summed E-state index contributed by atoms with van der Waals surface area (Å²) in [7, 11) is 1.42. The molecular weight excluding hydrogens is 766 g/mol. The lowest BCUT2D eigenvalue weighted by molar-refractivity contribution is -0.116. The predicted octanol–water partition coefficient (Wildman–Crippen LogP) is 3.64. The molecule has 1 aliphatic carbocycles. The summed E-state index contributed by atoms with van der Waals surface area (Å²) in [6.07, 6.45) is 3.89. The molecular formula is C43H55N3O13. The summed E-state index contributed by atoms with van der Waals surface area (Å²) in [5.41, 5.74) is -1.52. The highest BCUT2D eigenvalue weighted by Gasteiger charge is 2.53. The quantitative estimate of drug-likeness (QED) is 0.268. The van der Waals surface area contributed by atoms with Gasteiger partial charge in [-0.05, 0) is 19.9 Å². The number of ether oxygens (including phenoxy) is 5. The fourth-order valence-electron chi connectivity index (χ4n) is 7.89. The number of hydrogen-bond acceptors (Lipinski definition) is 14. The van der Waals surface area contributed by atoms with E-state index in [2.05, 4.69) is 17.2 Å². The Kier molecular flexibility index (Phi) is 13.9. The molecule has 0 spiro atoms. The van der Waals surface area contributed by atoms with Crippen molar-refractivity contribution in [2.75, 3.05) is 40.0 Å². The number of morpholine rings is 1. The topological polar surface area (TPSA) is 219 Å². The average molecular weight is 822 g/mol. The minimum Gasteiger partial charge on any atom is -0.507 e. The van der Waals surface area contributed by atoms with E-state index in [1.54, 1.807) is 44.7 Å². The van der Waals surface area contributed by atoms with Gasteiger partial charge in [0.15, 0.2) is 0 Å². The molecule has 9 atom stereocenters. The summed E-state index contributed by atoms with van der Waals surface area (Å²) in [4.78, 5) is 71.7. The number of phenolic OH excluding ortho intramolecular Hbond substituents is 1. The first-order valence-corrected chi connectivity index (χ1v) is 19.6. The molecule has 2 amide bonds. The van der Waals surface area contributed by atoms with Crippen LogP contribution in [0.25, 0.3) is 0 Å². The number of aliphatic hydroxyl groups is 2. The summed E-state index contributed by atoms with van der Waals surface area (Å²) in [5.74, 6) is -8.76. The molecule has 1 fully saturated rings. The van der Waals surface area contributed by atoms with Crippen LogP contribution in [0.1, 0.15) is 78.2 Å². The number of hydrogen-bond donors (Lipinski definition) is 5. The number of nitrogens with one attached hydrogen (secondary N) is 2. The second-order valence-electron chi connectivity index (χ2n) is 15.6. The highest BCUT2D eigenvalue weighted by Crippen LogP contribution is 2.49. The number of benzene rings is 1.